The minimum Gasteiger partial charge on any atom is -0.313 e. The molecule has 2 aromatic heterocycles. The SMILES string of the molecule is Cc1cscc1-c1nncn1CC(C)C. The summed E-state index contributed by atoms with van der Waals surface area (Å²) in [5.41, 5.74) is 2.48. The number of hydrogen-bond acceptors (Lipinski definition) is 3. The van der Waals surface area contributed by atoms with Gasteiger partial charge in [-0.2, -0.15) is 11.3 Å². The molecule has 0 aliphatic rings. The summed E-state index contributed by atoms with van der Waals surface area (Å²) >= 11 is 1.71. The fourth-order valence-corrected chi connectivity index (χ4v) is 2.41. The molecule has 0 unspecified atom stereocenters. The minimum absolute atomic E-state index is 0.610. The zero-order chi connectivity index (χ0) is 10.8. The Morgan fingerprint density at radius 2 is 2.20 bits per heavy atom. The van der Waals surface area contributed by atoms with Gasteiger partial charge in [-0.15, -0.1) is 10.2 Å². The average Bonchev–Trinajstić information content (AvgIpc) is 2.73. The Morgan fingerprint density at radius 1 is 1.40 bits per heavy atom. The molecule has 0 spiro atoms. The van der Waals surface area contributed by atoms with Crippen LogP contribution in [0.2, 0.25) is 0 Å². The van der Waals surface area contributed by atoms with Crippen LogP contribution in [0.15, 0.2) is 17.1 Å². The zero-order valence-corrected chi connectivity index (χ0v) is 10.1. The molecule has 2 rings (SSSR count). The van der Waals surface area contributed by atoms with E-state index in [9.17, 15) is 0 Å². The van der Waals surface area contributed by atoms with Crippen LogP contribution in [-0.2, 0) is 6.54 Å². The quantitative estimate of drug-likeness (QED) is 0.797. The van der Waals surface area contributed by atoms with E-state index in [4.69, 9.17) is 0 Å². The van der Waals surface area contributed by atoms with Crippen molar-refractivity contribution in [1.82, 2.24) is 14.8 Å². The topological polar surface area (TPSA) is 30.7 Å². The maximum Gasteiger partial charge on any atom is 0.164 e. The number of nitrogens with zero attached hydrogens (tertiary/aromatic N) is 3. The molecule has 2 aromatic rings. The summed E-state index contributed by atoms with van der Waals surface area (Å²) in [7, 11) is 0. The Kier molecular flexibility index (Phi) is 2.86. The molecule has 2 heterocycles. The van der Waals surface area contributed by atoms with Crippen molar-refractivity contribution in [3.8, 4) is 11.4 Å². The first-order chi connectivity index (χ1) is 7.18. The van der Waals surface area contributed by atoms with Gasteiger partial charge in [-0.3, -0.25) is 0 Å². The fourth-order valence-electron chi connectivity index (χ4n) is 1.58. The van der Waals surface area contributed by atoms with Gasteiger partial charge in [0.2, 0.25) is 0 Å². The molecule has 4 heteroatoms. The smallest absolute Gasteiger partial charge is 0.164 e. The molecule has 0 aromatic carbocycles. The molecule has 0 radical (unpaired) electrons. The van der Waals surface area contributed by atoms with Gasteiger partial charge in [-0.25, -0.2) is 0 Å². The standard InChI is InChI=1S/C11H15N3S/c1-8(2)4-14-7-12-13-11(14)10-6-15-5-9(10)3/h5-8H,4H2,1-3H3. The average molecular weight is 221 g/mol. The maximum absolute atomic E-state index is 4.19. The van der Waals surface area contributed by atoms with E-state index in [0.29, 0.717) is 5.92 Å². The molecule has 0 amide bonds. The van der Waals surface area contributed by atoms with E-state index in [1.54, 1.807) is 11.3 Å². The summed E-state index contributed by atoms with van der Waals surface area (Å²) in [5.74, 6) is 1.60. The van der Waals surface area contributed by atoms with Crippen LogP contribution < -0.4 is 0 Å². The van der Waals surface area contributed by atoms with Crippen LogP contribution in [0, 0.1) is 12.8 Å². The second kappa shape index (κ2) is 4.14. The summed E-state index contributed by atoms with van der Waals surface area (Å²) in [6.45, 7) is 7.48. The first-order valence-electron chi connectivity index (χ1n) is 5.09. The van der Waals surface area contributed by atoms with Crippen molar-refractivity contribution < 1.29 is 0 Å². The second-order valence-corrected chi connectivity index (χ2v) is 4.91. The lowest BCUT2D eigenvalue weighted by molar-refractivity contribution is 0.525. The third kappa shape index (κ3) is 2.09. The van der Waals surface area contributed by atoms with Crippen LogP contribution in [0.4, 0.5) is 0 Å². The molecule has 0 N–H and O–H groups in total. The van der Waals surface area contributed by atoms with Crippen molar-refractivity contribution in [1.29, 1.82) is 0 Å². The lowest BCUT2D eigenvalue weighted by Gasteiger charge is -2.08. The normalized spacial score (nSPS) is 11.2. The van der Waals surface area contributed by atoms with Crippen molar-refractivity contribution >= 4 is 11.3 Å². The van der Waals surface area contributed by atoms with E-state index in [0.717, 1.165) is 12.4 Å². The monoisotopic (exact) mass is 221 g/mol. The van der Waals surface area contributed by atoms with Crippen molar-refractivity contribution in [2.24, 2.45) is 5.92 Å². The van der Waals surface area contributed by atoms with Crippen molar-refractivity contribution in [2.45, 2.75) is 27.3 Å². The van der Waals surface area contributed by atoms with Crippen LogP contribution in [0.1, 0.15) is 19.4 Å². The highest BCUT2D eigenvalue weighted by atomic mass is 32.1. The van der Waals surface area contributed by atoms with Crippen LogP contribution >= 0.6 is 11.3 Å². The third-order valence-corrected chi connectivity index (χ3v) is 3.14. The van der Waals surface area contributed by atoms with Gasteiger partial charge in [0.25, 0.3) is 0 Å². The third-order valence-electron chi connectivity index (χ3n) is 2.27. The van der Waals surface area contributed by atoms with E-state index in [1.165, 1.54) is 11.1 Å². The molecule has 3 nitrogen and oxygen atoms in total. The number of thiophene rings is 1. The van der Waals surface area contributed by atoms with Crippen LogP contribution in [0.25, 0.3) is 11.4 Å². The molecule has 0 atom stereocenters. The first-order valence-corrected chi connectivity index (χ1v) is 6.03. The number of rotatable bonds is 3. The summed E-state index contributed by atoms with van der Waals surface area (Å²) < 4.78 is 2.12. The fraction of sp³-hybridized carbons (Fsp3) is 0.455. The van der Waals surface area contributed by atoms with Gasteiger partial charge in [0.05, 0.1) is 0 Å². The van der Waals surface area contributed by atoms with Crippen molar-refractivity contribution in [3.63, 3.8) is 0 Å². The molecule has 0 saturated heterocycles. The summed E-state index contributed by atoms with van der Waals surface area (Å²) in [6, 6.07) is 0. The van der Waals surface area contributed by atoms with Crippen molar-refractivity contribution in [2.75, 3.05) is 0 Å². The second-order valence-electron chi connectivity index (χ2n) is 4.17. The van der Waals surface area contributed by atoms with Gasteiger partial charge < -0.3 is 4.57 Å². The Labute approximate surface area is 93.8 Å². The Balaban J connectivity index is 2.37. The Hall–Kier alpha value is -1.16. The van der Waals surface area contributed by atoms with Gasteiger partial charge in [0, 0.05) is 17.5 Å². The van der Waals surface area contributed by atoms with E-state index < -0.39 is 0 Å². The van der Waals surface area contributed by atoms with Gasteiger partial charge in [-0.1, -0.05) is 13.8 Å². The molecule has 0 fully saturated rings. The van der Waals surface area contributed by atoms with Crippen molar-refractivity contribution in [3.05, 3.63) is 22.7 Å². The van der Waals surface area contributed by atoms with E-state index in [-0.39, 0.29) is 0 Å². The molecular formula is C11H15N3S. The molecule has 0 aliphatic heterocycles. The van der Waals surface area contributed by atoms with Crippen LogP contribution in [0.5, 0.6) is 0 Å². The van der Waals surface area contributed by atoms with E-state index in [2.05, 4.69) is 46.3 Å². The van der Waals surface area contributed by atoms with E-state index >= 15 is 0 Å². The molecule has 0 saturated carbocycles. The zero-order valence-electron chi connectivity index (χ0n) is 9.27. The molecule has 0 bridgehead atoms. The summed E-state index contributed by atoms with van der Waals surface area (Å²) in [6.07, 6.45) is 1.81. The van der Waals surface area contributed by atoms with Crippen LogP contribution in [0.3, 0.4) is 0 Å². The highest BCUT2D eigenvalue weighted by molar-refractivity contribution is 7.08. The largest absolute Gasteiger partial charge is 0.313 e. The molecule has 15 heavy (non-hydrogen) atoms. The number of aryl methyl sites for hydroxylation is 1. The summed E-state index contributed by atoms with van der Waals surface area (Å²) in [5, 5.41) is 12.5. The van der Waals surface area contributed by atoms with Gasteiger partial charge in [0.15, 0.2) is 5.82 Å². The first kappa shape index (κ1) is 10.4. The maximum atomic E-state index is 4.19. The van der Waals surface area contributed by atoms with Gasteiger partial charge in [-0.05, 0) is 23.8 Å². The van der Waals surface area contributed by atoms with Gasteiger partial charge >= 0.3 is 0 Å². The molecule has 0 aliphatic carbocycles. The Bertz CT molecular complexity index is 442. The minimum atomic E-state index is 0.610. The molecule has 80 valence electrons. The number of aromatic nitrogens is 3. The Morgan fingerprint density at radius 3 is 2.80 bits per heavy atom. The highest BCUT2D eigenvalue weighted by Gasteiger charge is 2.11. The molecular weight excluding hydrogens is 206 g/mol. The highest BCUT2D eigenvalue weighted by Crippen LogP contribution is 2.25. The summed E-state index contributed by atoms with van der Waals surface area (Å²) in [4.78, 5) is 0. The lowest BCUT2D eigenvalue weighted by atomic mass is 10.2. The lowest BCUT2D eigenvalue weighted by Crippen LogP contribution is -2.05. The van der Waals surface area contributed by atoms with Gasteiger partial charge in [0.1, 0.15) is 6.33 Å². The van der Waals surface area contributed by atoms with E-state index in [1.807, 2.05) is 6.33 Å². The predicted octanol–water partition coefficient (Wildman–Crippen LogP) is 2.97. The van der Waals surface area contributed by atoms with Crippen LogP contribution in [-0.4, -0.2) is 14.8 Å². The number of hydrogen-bond donors (Lipinski definition) is 0. The predicted molar refractivity (Wildman–Crippen MR) is 62.9 cm³/mol.